The number of esters is 1. The first kappa shape index (κ1) is 27.7. The molecule has 0 atom stereocenters. The van der Waals surface area contributed by atoms with Crippen LogP contribution in [0.25, 0.3) is 10.9 Å². The molecule has 6 nitrogen and oxygen atoms in total. The van der Waals surface area contributed by atoms with E-state index in [9.17, 15) is 9.59 Å². The van der Waals surface area contributed by atoms with Crippen molar-refractivity contribution < 1.29 is 19.1 Å². The van der Waals surface area contributed by atoms with E-state index in [4.69, 9.17) is 9.47 Å². The van der Waals surface area contributed by atoms with Gasteiger partial charge in [-0.2, -0.15) is 0 Å². The third-order valence-corrected chi connectivity index (χ3v) is 8.22. The predicted molar refractivity (Wildman–Crippen MR) is 152 cm³/mol. The number of fused-ring (bicyclic) bond motifs is 1. The monoisotopic (exact) mass is 518 g/mol. The van der Waals surface area contributed by atoms with E-state index in [0.29, 0.717) is 41.8 Å². The highest BCUT2D eigenvalue weighted by atomic mass is 16.5. The summed E-state index contributed by atoms with van der Waals surface area (Å²) in [5, 5.41) is 4.34. The van der Waals surface area contributed by atoms with Crippen molar-refractivity contribution in [3.05, 3.63) is 64.8 Å². The zero-order chi connectivity index (χ0) is 27.1. The Balaban J connectivity index is 1.68. The first-order valence-corrected chi connectivity index (χ1v) is 14.1. The zero-order valence-corrected chi connectivity index (χ0v) is 23.3. The van der Waals surface area contributed by atoms with Crippen LogP contribution in [0.15, 0.2) is 42.6 Å². The third-order valence-electron chi connectivity index (χ3n) is 8.22. The highest BCUT2D eigenvalue weighted by molar-refractivity contribution is 5.98. The van der Waals surface area contributed by atoms with Crippen LogP contribution >= 0.6 is 0 Å². The van der Waals surface area contributed by atoms with Crippen LogP contribution in [0.5, 0.6) is 5.75 Å². The Morgan fingerprint density at radius 2 is 1.71 bits per heavy atom. The SMILES string of the molecule is CCC(CC)CNC(=O)c1ccc2c(CC3CCCCC3)cn(Cc3ccc(C(=O)OC)cc3OC)c2c1. The van der Waals surface area contributed by atoms with Crippen LogP contribution in [-0.4, -0.2) is 37.2 Å². The Kier molecular flexibility index (Phi) is 9.48. The van der Waals surface area contributed by atoms with Crippen LogP contribution in [0.3, 0.4) is 0 Å². The van der Waals surface area contributed by atoms with E-state index in [1.165, 1.54) is 50.2 Å². The summed E-state index contributed by atoms with van der Waals surface area (Å²) in [6.45, 7) is 5.60. The first-order chi connectivity index (χ1) is 18.5. The molecule has 3 aromatic rings. The average molecular weight is 519 g/mol. The minimum atomic E-state index is -0.389. The lowest BCUT2D eigenvalue weighted by molar-refractivity contribution is 0.0600. The summed E-state index contributed by atoms with van der Waals surface area (Å²) in [4.78, 5) is 25.1. The standard InChI is InChI=1S/C32H42N2O4/c1-5-22(6-2)19-33-31(35)24-14-15-28-27(16-23-10-8-7-9-11-23)21-34(29(28)17-24)20-26-13-12-25(32(36)38-4)18-30(26)37-3/h12-15,17-18,21-23H,5-11,16,19-20H2,1-4H3,(H,33,35). The maximum atomic E-state index is 13.1. The molecule has 4 rings (SSSR count). The van der Waals surface area contributed by atoms with Crippen LogP contribution in [0.2, 0.25) is 0 Å². The Bertz CT molecular complexity index is 1250. The number of carbonyl (C=O) groups is 2. The van der Waals surface area contributed by atoms with Gasteiger partial charge < -0.3 is 19.4 Å². The average Bonchev–Trinajstić information content (AvgIpc) is 3.29. The molecule has 0 aliphatic heterocycles. The molecule has 1 aromatic heterocycles. The van der Waals surface area contributed by atoms with Gasteiger partial charge in [0, 0.05) is 34.8 Å². The fraction of sp³-hybridized carbons (Fsp3) is 0.500. The minimum Gasteiger partial charge on any atom is -0.496 e. The zero-order valence-electron chi connectivity index (χ0n) is 23.3. The Morgan fingerprint density at radius 3 is 2.39 bits per heavy atom. The number of carbonyl (C=O) groups excluding carboxylic acids is 2. The van der Waals surface area contributed by atoms with E-state index < -0.39 is 0 Å². The van der Waals surface area contributed by atoms with E-state index in [1.807, 2.05) is 18.2 Å². The van der Waals surface area contributed by atoms with E-state index in [2.05, 4.69) is 36.0 Å². The van der Waals surface area contributed by atoms with Crippen molar-refractivity contribution in [2.75, 3.05) is 20.8 Å². The topological polar surface area (TPSA) is 69.6 Å². The quantitative estimate of drug-likeness (QED) is 0.284. The summed E-state index contributed by atoms with van der Waals surface area (Å²) >= 11 is 0. The molecule has 1 N–H and O–H groups in total. The van der Waals surface area contributed by atoms with E-state index in [0.717, 1.165) is 30.3 Å². The van der Waals surface area contributed by atoms with Gasteiger partial charge in [0.1, 0.15) is 5.75 Å². The number of benzene rings is 2. The Morgan fingerprint density at radius 1 is 0.974 bits per heavy atom. The highest BCUT2D eigenvalue weighted by Crippen LogP contribution is 2.32. The predicted octanol–water partition coefficient (Wildman–Crippen LogP) is 6.77. The number of hydrogen-bond donors (Lipinski definition) is 1. The largest absolute Gasteiger partial charge is 0.496 e. The molecule has 0 bridgehead atoms. The van der Waals surface area contributed by atoms with Crippen LogP contribution in [0.1, 0.15) is 90.6 Å². The number of hydrogen-bond acceptors (Lipinski definition) is 4. The molecule has 0 unspecified atom stereocenters. The number of nitrogens with zero attached hydrogens (tertiary/aromatic N) is 1. The fourth-order valence-corrected chi connectivity index (χ4v) is 5.72. The number of rotatable bonds is 11. The molecule has 0 saturated heterocycles. The maximum Gasteiger partial charge on any atom is 0.337 e. The number of amides is 1. The summed E-state index contributed by atoms with van der Waals surface area (Å²) in [6.07, 6.45) is 12.0. The third kappa shape index (κ3) is 6.40. The van der Waals surface area contributed by atoms with Gasteiger partial charge in [-0.25, -0.2) is 4.79 Å². The molecule has 2 aromatic carbocycles. The van der Waals surface area contributed by atoms with Crippen molar-refractivity contribution in [2.45, 2.75) is 71.8 Å². The van der Waals surface area contributed by atoms with Gasteiger partial charge in [-0.05, 0) is 48.1 Å². The highest BCUT2D eigenvalue weighted by Gasteiger charge is 2.20. The lowest BCUT2D eigenvalue weighted by Crippen LogP contribution is -2.28. The van der Waals surface area contributed by atoms with Crippen molar-refractivity contribution >= 4 is 22.8 Å². The summed E-state index contributed by atoms with van der Waals surface area (Å²) in [7, 11) is 2.99. The molecule has 204 valence electrons. The lowest BCUT2D eigenvalue weighted by Gasteiger charge is -2.21. The second-order valence-corrected chi connectivity index (χ2v) is 10.6. The van der Waals surface area contributed by atoms with Gasteiger partial charge in [-0.3, -0.25) is 4.79 Å². The van der Waals surface area contributed by atoms with E-state index >= 15 is 0 Å². The first-order valence-electron chi connectivity index (χ1n) is 14.1. The van der Waals surface area contributed by atoms with Gasteiger partial charge in [-0.15, -0.1) is 0 Å². The van der Waals surface area contributed by atoms with Gasteiger partial charge in [0.05, 0.1) is 26.3 Å². The molecule has 38 heavy (non-hydrogen) atoms. The van der Waals surface area contributed by atoms with Crippen molar-refractivity contribution in [2.24, 2.45) is 11.8 Å². The number of nitrogens with one attached hydrogen (secondary N) is 1. The van der Waals surface area contributed by atoms with Gasteiger partial charge >= 0.3 is 5.97 Å². The smallest absolute Gasteiger partial charge is 0.337 e. The van der Waals surface area contributed by atoms with Crippen molar-refractivity contribution in [3.8, 4) is 5.75 Å². The normalized spacial score (nSPS) is 14.1. The van der Waals surface area contributed by atoms with Crippen LogP contribution in [0.4, 0.5) is 0 Å². The number of ether oxygens (including phenoxy) is 2. The molecule has 1 saturated carbocycles. The summed E-state index contributed by atoms with van der Waals surface area (Å²) in [5.74, 6) is 1.43. The van der Waals surface area contributed by atoms with Gasteiger partial charge in [0.2, 0.25) is 0 Å². The molecule has 1 aliphatic carbocycles. The van der Waals surface area contributed by atoms with E-state index in [1.54, 1.807) is 19.2 Å². The molecule has 0 spiro atoms. The Hall–Kier alpha value is -3.28. The van der Waals surface area contributed by atoms with Gasteiger partial charge in [0.15, 0.2) is 0 Å². The molecule has 1 heterocycles. The minimum absolute atomic E-state index is 0.0274. The molecule has 1 aliphatic rings. The molecule has 1 fully saturated rings. The Labute approximate surface area is 226 Å². The summed E-state index contributed by atoms with van der Waals surface area (Å²) < 4.78 is 12.7. The van der Waals surface area contributed by atoms with Gasteiger partial charge in [0.25, 0.3) is 5.91 Å². The maximum absolute atomic E-state index is 13.1. The fourth-order valence-electron chi connectivity index (χ4n) is 5.72. The van der Waals surface area contributed by atoms with Crippen molar-refractivity contribution in [3.63, 3.8) is 0 Å². The number of aromatic nitrogens is 1. The van der Waals surface area contributed by atoms with E-state index in [-0.39, 0.29) is 11.9 Å². The lowest BCUT2D eigenvalue weighted by atomic mass is 9.85. The van der Waals surface area contributed by atoms with Crippen LogP contribution < -0.4 is 10.1 Å². The van der Waals surface area contributed by atoms with Crippen molar-refractivity contribution in [1.29, 1.82) is 0 Å². The van der Waals surface area contributed by atoms with Crippen LogP contribution in [-0.2, 0) is 17.7 Å². The van der Waals surface area contributed by atoms with Crippen molar-refractivity contribution in [1.82, 2.24) is 9.88 Å². The second kappa shape index (κ2) is 13.0. The molecule has 6 heteroatoms. The van der Waals surface area contributed by atoms with Gasteiger partial charge in [-0.1, -0.05) is 70.9 Å². The molecule has 0 radical (unpaired) electrons. The summed E-state index contributed by atoms with van der Waals surface area (Å²) in [5.41, 5.74) is 4.48. The second-order valence-electron chi connectivity index (χ2n) is 10.6. The van der Waals surface area contributed by atoms with Crippen LogP contribution in [0, 0.1) is 11.8 Å². The molecule has 1 amide bonds. The molecular weight excluding hydrogens is 476 g/mol. The number of methoxy groups -OCH3 is 2. The molecular formula is C32H42N2O4. The summed E-state index contributed by atoms with van der Waals surface area (Å²) in [6, 6.07) is 11.5.